The van der Waals surface area contributed by atoms with Crippen LogP contribution in [0.3, 0.4) is 0 Å². The van der Waals surface area contributed by atoms with Crippen LogP contribution in [0.4, 0.5) is 0 Å². The van der Waals surface area contributed by atoms with Crippen LogP contribution in [-0.2, 0) is 4.79 Å². The Morgan fingerprint density at radius 2 is 2.05 bits per heavy atom. The van der Waals surface area contributed by atoms with E-state index in [1.165, 1.54) is 0 Å². The van der Waals surface area contributed by atoms with E-state index in [9.17, 15) is 4.79 Å². The molecule has 0 aliphatic heterocycles. The fourth-order valence-corrected chi connectivity index (χ4v) is 1.96. The van der Waals surface area contributed by atoms with E-state index < -0.39 is 0 Å². The van der Waals surface area contributed by atoms with Crippen molar-refractivity contribution in [3.63, 3.8) is 0 Å². The van der Waals surface area contributed by atoms with Crippen LogP contribution < -0.4 is 5.32 Å². The Hall–Kier alpha value is -1.57. The van der Waals surface area contributed by atoms with Gasteiger partial charge in [-0.2, -0.15) is 5.26 Å². The van der Waals surface area contributed by atoms with E-state index in [-0.39, 0.29) is 18.2 Å². The molecule has 1 aromatic carbocycles. The molecule has 5 heteroatoms. The lowest BCUT2D eigenvalue weighted by atomic mass is 9.98. The smallest absolute Gasteiger partial charge is 0.234 e. The third-order valence-corrected chi connectivity index (χ3v) is 2.96. The highest BCUT2D eigenvalue weighted by Crippen LogP contribution is 2.18. The van der Waals surface area contributed by atoms with Crippen molar-refractivity contribution in [2.24, 2.45) is 0 Å². The van der Waals surface area contributed by atoms with Gasteiger partial charge in [-0.25, -0.2) is 0 Å². The van der Waals surface area contributed by atoms with E-state index >= 15 is 0 Å². The highest BCUT2D eigenvalue weighted by Gasteiger charge is 2.14. The lowest BCUT2D eigenvalue weighted by Crippen LogP contribution is -2.32. The molecule has 0 aliphatic rings. The molecular weight excluding hydrogens is 262 g/mol. The van der Waals surface area contributed by atoms with Crippen LogP contribution in [0, 0.1) is 11.3 Å². The first-order chi connectivity index (χ1) is 9.02. The Bertz CT molecular complexity index is 451. The molecule has 1 amide bonds. The highest BCUT2D eigenvalue weighted by molar-refractivity contribution is 6.30. The second kappa shape index (κ2) is 7.78. The van der Waals surface area contributed by atoms with Gasteiger partial charge in [0.2, 0.25) is 5.91 Å². The summed E-state index contributed by atoms with van der Waals surface area (Å²) < 4.78 is 0. The lowest BCUT2D eigenvalue weighted by molar-refractivity contribution is -0.120. The molecule has 0 radical (unpaired) electrons. The number of hydrogen-bond acceptors (Lipinski definition) is 3. The summed E-state index contributed by atoms with van der Waals surface area (Å²) in [4.78, 5) is 13.4. The number of carbonyl (C=O) groups is 1. The predicted molar refractivity (Wildman–Crippen MR) is 76.0 cm³/mol. The van der Waals surface area contributed by atoms with Crippen molar-refractivity contribution in [3.05, 3.63) is 34.9 Å². The maximum atomic E-state index is 11.4. The number of halogens is 1. The van der Waals surface area contributed by atoms with Crippen molar-refractivity contribution in [3.8, 4) is 6.07 Å². The highest BCUT2D eigenvalue weighted by atomic mass is 35.5. The summed E-state index contributed by atoms with van der Waals surface area (Å²) in [5, 5.41) is 11.9. The van der Waals surface area contributed by atoms with E-state index in [0.717, 1.165) is 12.1 Å². The van der Waals surface area contributed by atoms with Gasteiger partial charge in [0.1, 0.15) is 6.42 Å². The van der Waals surface area contributed by atoms with Crippen molar-refractivity contribution in [1.82, 2.24) is 10.2 Å². The molecule has 1 rings (SSSR count). The van der Waals surface area contributed by atoms with Gasteiger partial charge >= 0.3 is 0 Å². The largest absolute Gasteiger partial charge is 0.355 e. The zero-order valence-corrected chi connectivity index (χ0v) is 11.9. The van der Waals surface area contributed by atoms with Crippen LogP contribution >= 0.6 is 11.6 Å². The van der Waals surface area contributed by atoms with Gasteiger partial charge in [-0.15, -0.1) is 0 Å². The minimum Gasteiger partial charge on any atom is -0.355 e. The molecule has 0 heterocycles. The van der Waals surface area contributed by atoms with Gasteiger partial charge in [0.15, 0.2) is 0 Å². The molecule has 0 aromatic heterocycles. The molecule has 0 aliphatic carbocycles. The number of likely N-dealkylation sites (N-methyl/N-ethyl adjacent to an activating group) is 1. The molecule has 1 aromatic rings. The minimum absolute atomic E-state index is 0.102. The first-order valence-corrected chi connectivity index (χ1v) is 6.44. The van der Waals surface area contributed by atoms with Gasteiger partial charge in [0.25, 0.3) is 0 Å². The van der Waals surface area contributed by atoms with E-state index in [0.29, 0.717) is 11.6 Å². The Morgan fingerprint density at radius 3 is 2.58 bits per heavy atom. The summed E-state index contributed by atoms with van der Waals surface area (Å²) in [7, 11) is 3.97. The molecule has 0 fully saturated rings. The molecule has 0 saturated heterocycles. The molecular formula is C14H18ClN3O. The number of amides is 1. The van der Waals surface area contributed by atoms with Crippen LogP contribution in [0.5, 0.6) is 0 Å². The van der Waals surface area contributed by atoms with Crippen molar-refractivity contribution < 1.29 is 4.79 Å². The summed E-state index contributed by atoms with van der Waals surface area (Å²) in [5.74, 6) is -0.0601. The Balaban J connectivity index is 2.69. The van der Waals surface area contributed by atoms with Crippen molar-refractivity contribution >= 4 is 17.5 Å². The topological polar surface area (TPSA) is 56.1 Å². The van der Waals surface area contributed by atoms with Gasteiger partial charge in [0.05, 0.1) is 6.07 Å². The molecule has 102 valence electrons. The number of benzene rings is 1. The van der Waals surface area contributed by atoms with Crippen LogP contribution in [0.2, 0.25) is 5.02 Å². The molecule has 1 N–H and O–H groups in total. The number of nitrogens with zero attached hydrogens (tertiary/aromatic N) is 2. The van der Waals surface area contributed by atoms with Crippen LogP contribution in [0.1, 0.15) is 17.9 Å². The number of rotatable bonds is 6. The van der Waals surface area contributed by atoms with Crippen molar-refractivity contribution in [2.45, 2.75) is 12.3 Å². The first kappa shape index (κ1) is 15.5. The van der Waals surface area contributed by atoms with E-state index in [1.54, 1.807) is 0 Å². The predicted octanol–water partition coefficient (Wildman–Crippen LogP) is 2.02. The molecule has 0 unspecified atom stereocenters. The summed E-state index contributed by atoms with van der Waals surface area (Å²) in [6.45, 7) is 1.33. The average Bonchev–Trinajstić information content (AvgIpc) is 2.35. The number of carbonyl (C=O) groups excluding carboxylic acids is 1. The SMILES string of the molecule is CN(C)C[C@H](CNC(=O)CC#N)c1ccc(Cl)cc1. The van der Waals surface area contributed by atoms with Crippen LogP contribution in [0.25, 0.3) is 0 Å². The second-order valence-electron chi connectivity index (χ2n) is 4.65. The average molecular weight is 280 g/mol. The fourth-order valence-electron chi connectivity index (χ4n) is 1.83. The Morgan fingerprint density at radius 1 is 1.42 bits per heavy atom. The molecule has 1 atom stereocenters. The fraction of sp³-hybridized carbons (Fsp3) is 0.429. The second-order valence-corrected chi connectivity index (χ2v) is 5.09. The molecule has 19 heavy (non-hydrogen) atoms. The third kappa shape index (κ3) is 5.73. The van der Waals surface area contributed by atoms with Crippen LogP contribution in [-0.4, -0.2) is 38.0 Å². The van der Waals surface area contributed by atoms with Gasteiger partial charge in [-0.3, -0.25) is 4.79 Å². The monoisotopic (exact) mass is 279 g/mol. The Kier molecular flexibility index (Phi) is 6.34. The lowest BCUT2D eigenvalue weighted by Gasteiger charge is -2.22. The van der Waals surface area contributed by atoms with Gasteiger partial charge in [-0.05, 0) is 31.8 Å². The number of hydrogen-bond donors (Lipinski definition) is 1. The van der Waals surface area contributed by atoms with E-state index in [1.807, 2.05) is 44.4 Å². The quantitative estimate of drug-likeness (QED) is 0.867. The van der Waals surface area contributed by atoms with Crippen molar-refractivity contribution in [2.75, 3.05) is 27.2 Å². The van der Waals surface area contributed by atoms with Gasteiger partial charge in [0, 0.05) is 24.0 Å². The normalized spacial score (nSPS) is 11.9. The number of nitriles is 1. The maximum absolute atomic E-state index is 11.4. The summed E-state index contributed by atoms with van der Waals surface area (Å²) in [6, 6.07) is 9.46. The zero-order chi connectivity index (χ0) is 14.3. The number of nitrogens with one attached hydrogen (secondary N) is 1. The van der Waals surface area contributed by atoms with Crippen molar-refractivity contribution in [1.29, 1.82) is 5.26 Å². The van der Waals surface area contributed by atoms with Gasteiger partial charge < -0.3 is 10.2 Å². The Labute approximate surface area is 119 Å². The van der Waals surface area contributed by atoms with Gasteiger partial charge in [-0.1, -0.05) is 23.7 Å². The molecule has 4 nitrogen and oxygen atoms in total. The summed E-state index contributed by atoms with van der Waals surface area (Å²) in [5.41, 5.74) is 1.12. The standard InChI is InChI=1S/C14H18ClN3O/c1-18(2)10-12(9-17-14(19)7-8-16)11-3-5-13(15)6-4-11/h3-6,12H,7,9-10H2,1-2H3,(H,17,19)/t12-/m0/s1. The van der Waals surface area contributed by atoms with E-state index in [2.05, 4.69) is 10.2 Å². The molecule has 0 spiro atoms. The molecule has 0 bridgehead atoms. The molecule has 0 saturated carbocycles. The summed E-state index contributed by atoms with van der Waals surface area (Å²) >= 11 is 5.87. The zero-order valence-electron chi connectivity index (χ0n) is 11.2. The first-order valence-electron chi connectivity index (χ1n) is 6.06. The maximum Gasteiger partial charge on any atom is 0.234 e. The van der Waals surface area contributed by atoms with Crippen LogP contribution in [0.15, 0.2) is 24.3 Å². The third-order valence-electron chi connectivity index (χ3n) is 2.71. The van der Waals surface area contributed by atoms with E-state index in [4.69, 9.17) is 16.9 Å². The minimum atomic E-state index is -0.236. The summed E-state index contributed by atoms with van der Waals surface area (Å²) in [6.07, 6.45) is -0.102.